The van der Waals surface area contributed by atoms with Crippen molar-refractivity contribution in [2.75, 3.05) is 20.8 Å². The van der Waals surface area contributed by atoms with Gasteiger partial charge in [-0.1, -0.05) is 36.4 Å². The number of methoxy groups -OCH3 is 2. The quantitative estimate of drug-likeness (QED) is 0.585. The highest BCUT2D eigenvalue weighted by Gasteiger charge is 2.33. The largest absolute Gasteiger partial charge is 0.493 e. The van der Waals surface area contributed by atoms with Crippen molar-refractivity contribution in [3.63, 3.8) is 0 Å². The summed E-state index contributed by atoms with van der Waals surface area (Å²) in [5, 5.41) is 2.07. The molecule has 1 amide bonds. The van der Waals surface area contributed by atoms with Gasteiger partial charge in [0.25, 0.3) is 0 Å². The maximum atomic E-state index is 13.2. The van der Waals surface area contributed by atoms with Crippen molar-refractivity contribution in [2.24, 2.45) is 0 Å². The minimum absolute atomic E-state index is 0.0816. The minimum Gasteiger partial charge on any atom is -0.493 e. The van der Waals surface area contributed by atoms with Crippen LogP contribution in [0.15, 0.2) is 60.0 Å². The fraction of sp³-hybridized carbons (Fsp3) is 0.292. The lowest BCUT2D eigenvalue weighted by Crippen LogP contribution is -2.40. The predicted octanol–water partition coefficient (Wildman–Crippen LogP) is 4.87. The number of nitrogens with zero attached hydrogens (tertiary/aromatic N) is 1. The van der Waals surface area contributed by atoms with E-state index >= 15 is 0 Å². The topological polar surface area (TPSA) is 38.8 Å². The SMILES string of the molecule is COc1cc2c(cc1OC)C(c1cccs1)N(C(=O)CCc1ccccc1)CC2. The molecule has 0 aliphatic carbocycles. The highest BCUT2D eigenvalue weighted by molar-refractivity contribution is 7.10. The number of thiophene rings is 1. The van der Waals surface area contributed by atoms with E-state index in [9.17, 15) is 4.79 Å². The van der Waals surface area contributed by atoms with Crippen molar-refractivity contribution in [3.8, 4) is 11.5 Å². The van der Waals surface area contributed by atoms with Crippen LogP contribution in [-0.4, -0.2) is 31.6 Å². The zero-order valence-corrected chi connectivity index (χ0v) is 17.6. The molecule has 150 valence electrons. The molecule has 2 heterocycles. The van der Waals surface area contributed by atoms with Crippen LogP contribution in [0.4, 0.5) is 0 Å². The maximum Gasteiger partial charge on any atom is 0.223 e. The number of aryl methyl sites for hydroxylation is 1. The van der Waals surface area contributed by atoms with Gasteiger partial charge in [0.1, 0.15) is 0 Å². The van der Waals surface area contributed by atoms with Gasteiger partial charge in [-0.25, -0.2) is 0 Å². The molecule has 4 nitrogen and oxygen atoms in total. The summed E-state index contributed by atoms with van der Waals surface area (Å²) in [6.45, 7) is 0.707. The molecule has 0 saturated heterocycles. The summed E-state index contributed by atoms with van der Waals surface area (Å²) in [6.07, 6.45) is 2.08. The molecule has 2 aromatic carbocycles. The first kappa shape index (κ1) is 19.5. The summed E-state index contributed by atoms with van der Waals surface area (Å²) in [5.74, 6) is 1.62. The first-order chi connectivity index (χ1) is 14.2. The molecule has 3 aromatic rings. The zero-order valence-electron chi connectivity index (χ0n) is 16.8. The summed E-state index contributed by atoms with van der Waals surface area (Å²) < 4.78 is 11.0. The number of hydrogen-bond donors (Lipinski definition) is 0. The highest BCUT2D eigenvalue weighted by Crippen LogP contribution is 2.42. The Morgan fingerprint density at radius 1 is 1.07 bits per heavy atom. The molecule has 0 saturated carbocycles. The molecule has 1 aromatic heterocycles. The lowest BCUT2D eigenvalue weighted by molar-refractivity contribution is -0.133. The number of amides is 1. The average Bonchev–Trinajstić information content (AvgIpc) is 3.30. The van der Waals surface area contributed by atoms with Crippen LogP contribution >= 0.6 is 11.3 Å². The van der Waals surface area contributed by atoms with Crippen molar-refractivity contribution in [2.45, 2.75) is 25.3 Å². The fourth-order valence-electron chi connectivity index (χ4n) is 4.01. The monoisotopic (exact) mass is 407 g/mol. The number of benzene rings is 2. The number of carbonyl (C=O) groups is 1. The first-order valence-electron chi connectivity index (χ1n) is 9.83. The van der Waals surface area contributed by atoms with Gasteiger partial charge in [0.15, 0.2) is 11.5 Å². The lowest BCUT2D eigenvalue weighted by Gasteiger charge is -2.37. The van der Waals surface area contributed by atoms with Crippen LogP contribution in [0.2, 0.25) is 0 Å². The van der Waals surface area contributed by atoms with Gasteiger partial charge < -0.3 is 14.4 Å². The molecule has 4 rings (SSSR count). The Hall–Kier alpha value is -2.79. The standard InChI is InChI=1S/C24H25NO3S/c1-27-20-15-18-12-13-25(23(26)11-10-17-7-4-3-5-8-17)24(22-9-6-14-29-22)19(18)16-21(20)28-2/h3-9,14-16,24H,10-13H2,1-2H3. The molecule has 29 heavy (non-hydrogen) atoms. The number of rotatable bonds is 6. The minimum atomic E-state index is -0.0816. The van der Waals surface area contributed by atoms with Crippen LogP contribution in [0.25, 0.3) is 0 Å². The second-order valence-electron chi connectivity index (χ2n) is 7.15. The number of hydrogen-bond acceptors (Lipinski definition) is 4. The second kappa shape index (κ2) is 8.70. The molecule has 0 N–H and O–H groups in total. The smallest absolute Gasteiger partial charge is 0.223 e. The van der Waals surface area contributed by atoms with Crippen molar-refractivity contribution < 1.29 is 14.3 Å². The third-order valence-corrected chi connectivity index (χ3v) is 6.40. The molecule has 5 heteroatoms. The summed E-state index contributed by atoms with van der Waals surface area (Å²) in [4.78, 5) is 16.4. The Morgan fingerprint density at radius 2 is 1.83 bits per heavy atom. The van der Waals surface area contributed by atoms with E-state index in [1.165, 1.54) is 16.0 Å². The van der Waals surface area contributed by atoms with E-state index in [0.29, 0.717) is 18.7 Å². The molecule has 0 spiro atoms. The van der Waals surface area contributed by atoms with Crippen LogP contribution in [0.1, 0.15) is 34.0 Å². The zero-order chi connectivity index (χ0) is 20.2. The fourth-order valence-corrected chi connectivity index (χ4v) is 4.86. The molecule has 1 aliphatic heterocycles. The molecule has 1 atom stereocenters. The van der Waals surface area contributed by atoms with E-state index < -0.39 is 0 Å². The molecular weight excluding hydrogens is 382 g/mol. The van der Waals surface area contributed by atoms with Crippen LogP contribution < -0.4 is 9.47 Å². The van der Waals surface area contributed by atoms with Crippen LogP contribution in [-0.2, 0) is 17.6 Å². The Labute approximate surface area is 175 Å². The average molecular weight is 408 g/mol. The Morgan fingerprint density at radius 3 is 2.52 bits per heavy atom. The van der Waals surface area contributed by atoms with E-state index in [4.69, 9.17) is 9.47 Å². The van der Waals surface area contributed by atoms with Crippen molar-refractivity contribution in [3.05, 3.63) is 81.5 Å². The van der Waals surface area contributed by atoms with Gasteiger partial charge in [0.05, 0.1) is 20.3 Å². The molecule has 1 unspecified atom stereocenters. The lowest BCUT2D eigenvalue weighted by atomic mass is 9.90. The van der Waals surface area contributed by atoms with Crippen molar-refractivity contribution in [1.82, 2.24) is 4.90 Å². The summed E-state index contributed by atoms with van der Waals surface area (Å²) in [7, 11) is 3.30. The Balaban J connectivity index is 1.65. The van der Waals surface area contributed by atoms with E-state index in [2.05, 4.69) is 29.6 Å². The van der Waals surface area contributed by atoms with E-state index in [-0.39, 0.29) is 11.9 Å². The molecule has 0 radical (unpaired) electrons. The van der Waals surface area contributed by atoms with E-state index in [1.807, 2.05) is 35.2 Å². The summed E-state index contributed by atoms with van der Waals surface area (Å²) in [5.41, 5.74) is 3.54. The van der Waals surface area contributed by atoms with Crippen molar-refractivity contribution in [1.29, 1.82) is 0 Å². The second-order valence-corrected chi connectivity index (χ2v) is 8.13. The number of carbonyl (C=O) groups excluding carboxylic acids is 1. The summed E-state index contributed by atoms with van der Waals surface area (Å²) >= 11 is 1.69. The van der Waals surface area contributed by atoms with Gasteiger partial charge in [-0.15, -0.1) is 11.3 Å². The van der Waals surface area contributed by atoms with Gasteiger partial charge in [-0.2, -0.15) is 0 Å². The highest BCUT2D eigenvalue weighted by atomic mass is 32.1. The predicted molar refractivity (Wildman–Crippen MR) is 116 cm³/mol. The van der Waals surface area contributed by atoms with Gasteiger partial charge in [-0.05, 0) is 53.1 Å². The van der Waals surface area contributed by atoms with E-state index in [1.54, 1.807) is 25.6 Å². The van der Waals surface area contributed by atoms with Gasteiger partial charge in [-0.3, -0.25) is 4.79 Å². The Bertz CT molecular complexity index is 969. The number of ether oxygens (including phenoxy) is 2. The normalized spacial score (nSPS) is 15.7. The van der Waals surface area contributed by atoms with Gasteiger partial charge >= 0.3 is 0 Å². The molecule has 0 bridgehead atoms. The molecular formula is C24H25NO3S. The molecule has 1 aliphatic rings. The van der Waals surface area contributed by atoms with Crippen LogP contribution in [0, 0.1) is 0 Å². The van der Waals surface area contributed by atoms with Crippen LogP contribution in [0.3, 0.4) is 0 Å². The Kier molecular flexibility index (Phi) is 5.86. The van der Waals surface area contributed by atoms with Gasteiger partial charge in [0, 0.05) is 17.8 Å². The molecule has 0 fully saturated rings. The third-order valence-electron chi connectivity index (χ3n) is 5.48. The van der Waals surface area contributed by atoms with Crippen molar-refractivity contribution >= 4 is 17.2 Å². The van der Waals surface area contributed by atoms with E-state index in [0.717, 1.165) is 24.2 Å². The van der Waals surface area contributed by atoms with Crippen LogP contribution in [0.5, 0.6) is 11.5 Å². The van der Waals surface area contributed by atoms with Gasteiger partial charge in [0.2, 0.25) is 5.91 Å². The number of fused-ring (bicyclic) bond motifs is 1. The maximum absolute atomic E-state index is 13.2. The summed E-state index contributed by atoms with van der Waals surface area (Å²) in [6, 6.07) is 18.4. The first-order valence-corrected chi connectivity index (χ1v) is 10.7. The third kappa shape index (κ3) is 4.01.